The van der Waals surface area contributed by atoms with Gasteiger partial charge in [0.15, 0.2) is 6.61 Å². The zero-order chi connectivity index (χ0) is 17.8. The van der Waals surface area contributed by atoms with Crippen molar-refractivity contribution in [3.05, 3.63) is 29.8 Å². The first-order valence-corrected chi connectivity index (χ1v) is 7.25. The quantitative estimate of drug-likeness (QED) is 0.688. The molecular formula is C16H23NO6. The maximum atomic E-state index is 11.6. The Morgan fingerprint density at radius 3 is 2.13 bits per heavy atom. The lowest BCUT2D eigenvalue weighted by Crippen LogP contribution is -2.37. The number of carboxylic acid groups (broad SMARTS) is 2. The van der Waals surface area contributed by atoms with Crippen LogP contribution in [-0.2, 0) is 14.4 Å². The molecule has 7 nitrogen and oxygen atoms in total. The third-order valence-electron chi connectivity index (χ3n) is 2.89. The fraction of sp³-hybridized carbons (Fsp3) is 0.438. The number of hydrogen-bond acceptors (Lipinski definition) is 4. The van der Waals surface area contributed by atoms with Crippen LogP contribution in [0, 0.1) is 6.92 Å². The van der Waals surface area contributed by atoms with Crippen molar-refractivity contribution in [2.24, 2.45) is 0 Å². The van der Waals surface area contributed by atoms with Gasteiger partial charge in [0.25, 0.3) is 5.91 Å². The molecule has 0 aliphatic rings. The van der Waals surface area contributed by atoms with E-state index < -0.39 is 11.9 Å². The highest BCUT2D eigenvalue weighted by atomic mass is 16.5. The summed E-state index contributed by atoms with van der Waals surface area (Å²) in [6, 6.07) is 7.95. The lowest BCUT2D eigenvalue weighted by molar-refractivity contribution is -0.159. The van der Waals surface area contributed by atoms with Crippen molar-refractivity contribution >= 4 is 17.8 Å². The largest absolute Gasteiger partial charge is 0.484 e. The highest BCUT2D eigenvalue weighted by Gasteiger charge is 2.08. The number of benzene rings is 1. The first-order valence-electron chi connectivity index (χ1n) is 7.25. The number of carbonyl (C=O) groups excluding carboxylic acids is 1. The van der Waals surface area contributed by atoms with Crippen LogP contribution in [0.5, 0.6) is 5.75 Å². The molecular weight excluding hydrogens is 302 g/mol. The number of amides is 1. The summed E-state index contributed by atoms with van der Waals surface area (Å²) in [6.45, 7) is 6.21. The molecule has 0 heterocycles. The highest BCUT2D eigenvalue weighted by Crippen LogP contribution is 2.11. The van der Waals surface area contributed by atoms with E-state index in [0.29, 0.717) is 0 Å². The van der Waals surface area contributed by atoms with Crippen LogP contribution < -0.4 is 10.1 Å². The summed E-state index contributed by atoms with van der Waals surface area (Å²) in [5, 5.41) is 17.7. The number of carboxylic acids is 2. The second-order valence-electron chi connectivity index (χ2n) is 4.80. The second-order valence-corrected chi connectivity index (χ2v) is 4.80. The van der Waals surface area contributed by atoms with Gasteiger partial charge in [0.1, 0.15) is 5.75 Å². The molecule has 0 spiro atoms. The van der Waals surface area contributed by atoms with Gasteiger partial charge in [0.05, 0.1) is 0 Å². The molecule has 0 radical (unpaired) electrons. The lowest BCUT2D eigenvalue weighted by Gasteiger charge is -2.15. The highest BCUT2D eigenvalue weighted by molar-refractivity contribution is 6.27. The molecule has 128 valence electrons. The minimum Gasteiger partial charge on any atom is -0.484 e. The van der Waals surface area contributed by atoms with E-state index in [4.69, 9.17) is 24.5 Å². The number of hydrogen-bond donors (Lipinski definition) is 3. The average Bonchev–Trinajstić information content (AvgIpc) is 2.51. The summed E-state index contributed by atoms with van der Waals surface area (Å²) in [5.74, 6) is -2.96. The summed E-state index contributed by atoms with van der Waals surface area (Å²) in [4.78, 5) is 29.8. The van der Waals surface area contributed by atoms with Crippen molar-refractivity contribution in [1.82, 2.24) is 5.32 Å². The first-order chi connectivity index (χ1) is 10.8. The normalized spacial score (nSPS) is 9.57. The van der Waals surface area contributed by atoms with Gasteiger partial charge >= 0.3 is 11.9 Å². The molecule has 1 rings (SSSR count). The molecule has 1 amide bonds. The van der Waals surface area contributed by atoms with Crippen LogP contribution in [0.1, 0.15) is 32.3 Å². The Morgan fingerprint density at radius 2 is 1.70 bits per heavy atom. The van der Waals surface area contributed by atoms with Crippen LogP contribution in [0.3, 0.4) is 0 Å². The summed E-state index contributed by atoms with van der Waals surface area (Å²) >= 11 is 0. The molecule has 0 aliphatic heterocycles. The SMILES string of the molecule is CCC(CC)NC(=O)COc1cccc(C)c1.O=C(O)C(=O)O. The van der Waals surface area contributed by atoms with Gasteiger partial charge in [-0.2, -0.15) is 0 Å². The Balaban J connectivity index is 0.000000688. The van der Waals surface area contributed by atoms with E-state index in [2.05, 4.69) is 19.2 Å². The van der Waals surface area contributed by atoms with Gasteiger partial charge in [-0.25, -0.2) is 9.59 Å². The molecule has 1 aromatic rings. The Hall–Kier alpha value is -2.57. The minimum atomic E-state index is -1.82. The van der Waals surface area contributed by atoms with Crippen molar-refractivity contribution < 1.29 is 29.3 Å². The van der Waals surface area contributed by atoms with E-state index in [-0.39, 0.29) is 18.6 Å². The van der Waals surface area contributed by atoms with Gasteiger partial charge in [-0.1, -0.05) is 26.0 Å². The van der Waals surface area contributed by atoms with Crippen LogP contribution in [0.25, 0.3) is 0 Å². The maximum absolute atomic E-state index is 11.6. The third-order valence-corrected chi connectivity index (χ3v) is 2.89. The van der Waals surface area contributed by atoms with Gasteiger partial charge in [0, 0.05) is 6.04 Å². The number of nitrogens with one attached hydrogen (secondary N) is 1. The number of rotatable bonds is 6. The molecule has 0 aliphatic carbocycles. The van der Waals surface area contributed by atoms with Gasteiger partial charge in [-0.05, 0) is 37.5 Å². The fourth-order valence-electron chi connectivity index (χ4n) is 1.62. The Morgan fingerprint density at radius 1 is 1.13 bits per heavy atom. The molecule has 7 heteroatoms. The fourth-order valence-corrected chi connectivity index (χ4v) is 1.62. The molecule has 23 heavy (non-hydrogen) atoms. The summed E-state index contributed by atoms with van der Waals surface area (Å²) < 4.78 is 5.43. The third kappa shape index (κ3) is 9.89. The molecule has 0 atom stereocenters. The van der Waals surface area contributed by atoms with Gasteiger partial charge in [-0.3, -0.25) is 4.79 Å². The van der Waals surface area contributed by atoms with Crippen LogP contribution in [0.4, 0.5) is 0 Å². The van der Waals surface area contributed by atoms with Gasteiger partial charge in [0.2, 0.25) is 0 Å². The molecule has 1 aromatic carbocycles. The number of aliphatic carboxylic acids is 2. The standard InChI is InChI=1S/C14H21NO2.C2H2O4/c1-4-12(5-2)15-14(16)10-17-13-8-6-7-11(3)9-13;3-1(4)2(5)6/h6-9,12H,4-5,10H2,1-3H3,(H,15,16);(H,3,4)(H,5,6). The zero-order valence-corrected chi connectivity index (χ0v) is 13.5. The van der Waals surface area contributed by atoms with Crippen molar-refractivity contribution in [2.45, 2.75) is 39.7 Å². The molecule has 0 saturated carbocycles. The molecule has 3 N–H and O–H groups in total. The lowest BCUT2D eigenvalue weighted by atomic mass is 10.2. The smallest absolute Gasteiger partial charge is 0.414 e. The molecule has 0 fully saturated rings. The molecule has 0 bridgehead atoms. The first kappa shape index (κ1) is 20.4. The minimum absolute atomic E-state index is 0.0554. The van der Waals surface area contributed by atoms with Gasteiger partial charge in [-0.15, -0.1) is 0 Å². The number of aryl methyl sites for hydroxylation is 1. The molecule has 0 aromatic heterocycles. The van der Waals surface area contributed by atoms with E-state index in [0.717, 1.165) is 24.2 Å². The van der Waals surface area contributed by atoms with Gasteiger partial charge < -0.3 is 20.3 Å². The van der Waals surface area contributed by atoms with E-state index in [1.807, 2.05) is 31.2 Å². The van der Waals surface area contributed by atoms with Crippen molar-refractivity contribution in [3.8, 4) is 5.75 Å². The number of carbonyl (C=O) groups is 3. The Bertz CT molecular complexity index is 513. The van der Waals surface area contributed by atoms with Crippen molar-refractivity contribution in [3.63, 3.8) is 0 Å². The monoisotopic (exact) mass is 325 g/mol. The number of ether oxygens (including phenoxy) is 1. The average molecular weight is 325 g/mol. The molecule has 0 unspecified atom stereocenters. The van der Waals surface area contributed by atoms with E-state index in [1.165, 1.54) is 0 Å². The maximum Gasteiger partial charge on any atom is 0.414 e. The van der Waals surface area contributed by atoms with Crippen LogP contribution in [-0.4, -0.2) is 40.7 Å². The predicted molar refractivity (Wildman–Crippen MR) is 84.5 cm³/mol. The van der Waals surface area contributed by atoms with Crippen LogP contribution in [0.2, 0.25) is 0 Å². The summed E-state index contributed by atoms with van der Waals surface area (Å²) in [7, 11) is 0. The summed E-state index contributed by atoms with van der Waals surface area (Å²) in [6.07, 6.45) is 1.90. The van der Waals surface area contributed by atoms with Crippen molar-refractivity contribution in [2.75, 3.05) is 6.61 Å². The van der Waals surface area contributed by atoms with E-state index in [9.17, 15) is 4.79 Å². The van der Waals surface area contributed by atoms with E-state index in [1.54, 1.807) is 0 Å². The Labute approximate surface area is 135 Å². The Kier molecular flexibility index (Phi) is 9.82. The van der Waals surface area contributed by atoms with Crippen molar-refractivity contribution in [1.29, 1.82) is 0 Å². The van der Waals surface area contributed by atoms with E-state index >= 15 is 0 Å². The second kappa shape index (κ2) is 11.1. The topological polar surface area (TPSA) is 113 Å². The predicted octanol–water partition coefficient (Wildman–Crippen LogP) is 1.83. The zero-order valence-electron chi connectivity index (χ0n) is 13.5. The van der Waals surface area contributed by atoms with Crippen LogP contribution >= 0.6 is 0 Å². The summed E-state index contributed by atoms with van der Waals surface area (Å²) in [5.41, 5.74) is 1.13. The van der Waals surface area contributed by atoms with Crippen LogP contribution in [0.15, 0.2) is 24.3 Å². The molecule has 0 saturated heterocycles.